The van der Waals surface area contributed by atoms with Crippen molar-refractivity contribution in [3.63, 3.8) is 0 Å². The minimum absolute atomic E-state index is 0.0397. The van der Waals surface area contributed by atoms with Crippen molar-refractivity contribution in [2.45, 2.75) is 31.4 Å². The summed E-state index contributed by atoms with van der Waals surface area (Å²) < 4.78 is 22.4. The second-order valence-corrected chi connectivity index (χ2v) is 7.37. The van der Waals surface area contributed by atoms with Gasteiger partial charge in [-0.1, -0.05) is 18.2 Å². The lowest BCUT2D eigenvalue weighted by molar-refractivity contribution is 0.107. The van der Waals surface area contributed by atoms with Gasteiger partial charge >= 0.3 is 0 Å². The molecule has 2 aromatic rings. The lowest BCUT2D eigenvalue weighted by atomic mass is 9.87. The summed E-state index contributed by atoms with van der Waals surface area (Å²) in [6.45, 7) is 1.13. The topological polar surface area (TPSA) is 60.4 Å². The highest BCUT2D eigenvalue weighted by Gasteiger charge is 2.35. The van der Waals surface area contributed by atoms with Gasteiger partial charge in [-0.2, -0.15) is 0 Å². The van der Waals surface area contributed by atoms with Crippen LogP contribution in [0.3, 0.4) is 0 Å². The molecule has 0 aromatic heterocycles. The van der Waals surface area contributed by atoms with Gasteiger partial charge in [0, 0.05) is 24.6 Å². The van der Waals surface area contributed by atoms with Gasteiger partial charge < -0.3 is 24.1 Å². The number of hydrogen-bond donors (Lipinski definition) is 1. The summed E-state index contributed by atoms with van der Waals surface area (Å²) in [4.78, 5) is 2.28. The summed E-state index contributed by atoms with van der Waals surface area (Å²) in [5.74, 6) is 2.94. The Balaban J connectivity index is 1.62. The fourth-order valence-corrected chi connectivity index (χ4v) is 4.29. The Morgan fingerprint density at radius 3 is 2.82 bits per heavy atom. The summed E-state index contributed by atoms with van der Waals surface area (Å²) in [6.07, 6.45) is 1.54. The molecule has 28 heavy (non-hydrogen) atoms. The van der Waals surface area contributed by atoms with E-state index in [4.69, 9.17) is 18.9 Å². The largest absolute Gasteiger partial charge is 0.496 e. The molecule has 0 radical (unpaired) electrons. The van der Waals surface area contributed by atoms with E-state index >= 15 is 0 Å². The highest BCUT2D eigenvalue weighted by Crippen LogP contribution is 2.50. The zero-order valence-electron chi connectivity index (χ0n) is 16.6. The van der Waals surface area contributed by atoms with E-state index < -0.39 is 6.10 Å². The predicted molar refractivity (Wildman–Crippen MR) is 106 cm³/mol. The van der Waals surface area contributed by atoms with E-state index in [0.717, 1.165) is 41.3 Å². The van der Waals surface area contributed by atoms with Crippen molar-refractivity contribution < 1.29 is 24.1 Å². The molecule has 1 N–H and O–H groups in total. The van der Waals surface area contributed by atoms with E-state index in [1.165, 1.54) is 5.56 Å². The Labute approximate surface area is 165 Å². The van der Waals surface area contributed by atoms with Gasteiger partial charge in [-0.25, -0.2) is 0 Å². The molecule has 0 fully saturated rings. The van der Waals surface area contributed by atoms with Crippen molar-refractivity contribution in [1.82, 2.24) is 4.90 Å². The molecule has 6 nitrogen and oxygen atoms in total. The molecule has 0 amide bonds. The van der Waals surface area contributed by atoms with Crippen molar-refractivity contribution in [2.75, 3.05) is 34.6 Å². The fourth-order valence-electron chi connectivity index (χ4n) is 4.29. The van der Waals surface area contributed by atoms with Crippen molar-refractivity contribution in [1.29, 1.82) is 0 Å². The number of likely N-dealkylation sites (N-methyl/N-ethyl adjacent to an activating group) is 1. The van der Waals surface area contributed by atoms with Crippen LogP contribution in [0.15, 0.2) is 30.3 Å². The summed E-state index contributed by atoms with van der Waals surface area (Å²) in [6, 6.07) is 9.93. The number of rotatable bonds is 6. The number of aliphatic hydroxyl groups excluding tert-OH is 1. The van der Waals surface area contributed by atoms with Crippen LogP contribution < -0.4 is 18.9 Å². The molecule has 4 rings (SSSR count). The van der Waals surface area contributed by atoms with Crippen molar-refractivity contribution in [3.8, 4) is 23.0 Å². The van der Waals surface area contributed by atoms with Crippen LogP contribution in [0.2, 0.25) is 0 Å². The Morgan fingerprint density at radius 2 is 2.04 bits per heavy atom. The minimum atomic E-state index is -0.509. The molecule has 0 bridgehead atoms. The third kappa shape index (κ3) is 3.38. The predicted octanol–water partition coefficient (Wildman–Crippen LogP) is 2.96. The average molecular weight is 385 g/mol. The quantitative estimate of drug-likeness (QED) is 0.825. The SMILES string of the molecule is COc1ccccc1C[C@H](O)C[C@@H]1c2c(cc3c(c2OC)OCO3)CCN1C. The van der Waals surface area contributed by atoms with Gasteiger partial charge in [0.05, 0.1) is 20.3 Å². The standard InChI is InChI=1S/C22H27NO5/c1-23-9-8-15-11-19-21(28-13-27-19)22(26-3)20(15)17(23)12-16(24)10-14-6-4-5-7-18(14)25-2/h4-7,11,16-17,24H,8-10,12-13H2,1-3H3/t16-,17+/m0/s1. The van der Waals surface area contributed by atoms with E-state index in [-0.39, 0.29) is 12.8 Å². The molecule has 2 aliphatic heterocycles. The van der Waals surface area contributed by atoms with Gasteiger partial charge in [0.1, 0.15) is 5.75 Å². The summed E-state index contributed by atoms with van der Waals surface area (Å²) in [7, 11) is 5.41. The van der Waals surface area contributed by atoms with Crippen LogP contribution in [0.4, 0.5) is 0 Å². The Hall–Kier alpha value is -2.44. The number of fused-ring (bicyclic) bond motifs is 2. The fraction of sp³-hybridized carbons (Fsp3) is 0.455. The van der Waals surface area contributed by atoms with Gasteiger partial charge in [-0.05, 0) is 43.1 Å². The van der Waals surface area contributed by atoms with Crippen LogP contribution >= 0.6 is 0 Å². The van der Waals surface area contributed by atoms with Gasteiger partial charge in [-0.15, -0.1) is 0 Å². The first kappa shape index (κ1) is 18.9. The molecule has 0 saturated carbocycles. The number of nitrogens with zero attached hydrogens (tertiary/aromatic N) is 1. The van der Waals surface area contributed by atoms with E-state index in [1.54, 1.807) is 14.2 Å². The number of benzene rings is 2. The molecule has 0 saturated heterocycles. The number of hydrogen-bond acceptors (Lipinski definition) is 6. The van der Waals surface area contributed by atoms with E-state index in [2.05, 4.69) is 18.0 Å². The lowest BCUT2D eigenvalue weighted by Crippen LogP contribution is -2.35. The van der Waals surface area contributed by atoms with Crippen molar-refractivity contribution >= 4 is 0 Å². The molecule has 6 heteroatoms. The molecule has 2 atom stereocenters. The third-order valence-corrected chi connectivity index (χ3v) is 5.69. The van der Waals surface area contributed by atoms with Crippen LogP contribution in [-0.4, -0.2) is 50.7 Å². The van der Waals surface area contributed by atoms with Crippen molar-refractivity contribution in [2.24, 2.45) is 0 Å². The number of aliphatic hydroxyl groups is 1. The van der Waals surface area contributed by atoms with Crippen molar-refractivity contribution in [3.05, 3.63) is 47.0 Å². The Morgan fingerprint density at radius 1 is 1.21 bits per heavy atom. The summed E-state index contributed by atoms with van der Waals surface area (Å²) in [5.41, 5.74) is 3.31. The molecule has 0 unspecified atom stereocenters. The molecule has 2 aromatic carbocycles. The Bertz CT molecular complexity index is 853. The van der Waals surface area contributed by atoms with Crippen LogP contribution in [0, 0.1) is 0 Å². The van der Waals surface area contributed by atoms with E-state index in [1.807, 2.05) is 24.3 Å². The van der Waals surface area contributed by atoms with Gasteiger partial charge in [-0.3, -0.25) is 4.90 Å². The maximum atomic E-state index is 10.9. The first-order chi connectivity index (χ1) is 13.6. The molecular formula is C22H27NO5. The average Bonchev–Trinajstić information content (AvgIpc) is 3.17. The van der Waals surface area contributed by atoms with Gasteiger partial charge in [0.25, 0.3) is 0 Å². The normalized spacial score (nSPS) is 19.2. The Kier molecular flexibility index (Phi) is 5.33. The summed E-state index contributed by atoms with van der Waals surface area (Å²) >= 11 is 0. The maximum Gasteiger partial charge on any atom is 0.231 e. The molecule has 2 heterocycles. The van der Waals surface area contributed by atoms with Crippen LogP contribution in [0.25, 0.3) is 0 Å². The monoisotopic (exact) mass is 385 g/mol. The highest BCUT2D eigenvalue weighted by atomic mass is 16.7. The number of ether oxygens (including phenoxy) is 4. The zero-order valence-corrected chi connectivity index (χ0v) is 16.6. The number of methoxy groups -OCH3 is 2. The molecule has 2 aliphatic rings. The highest BCUT2D eigenvalue weighted by molar-refractivity contribution is 5.61. The first-order valence-corrected chi connectivity index (χ1v) is 9.62. The van der Waals surface area contributed by atoms with Crippen LogP contribution in [-0.2, 0) is 12.8 Å². The molecular weight excluding hydrogens is 358 g/mol. The molecule has 0 spiro atoms. The van der Waals surface area contributed by atoms with E-state index in [0.29, 0.717) is 18.6 Å². The maximum absolute atomic E-state index is 10.9. The van der Waals surface area contributed by atoms with Gasteiger partial charge in [0.2, 0.25) is 12.5 Å². The minimum Gasteiger partial charge on any atom is -0.496 e. The van der Waals surface area contributed by atoms with Crippen LogP contribution in [0.1, 0.15) is 29.2 Å². The zero-order chi connectivity index (χ0) is 19.7. The third-order valence-electron chi connectivity index (χ3n) is 5.69. The number of para-hydroxylation sites is 1. The molecule has 0 aliphatic carbocycles. The molecule has 150 valence electrons. The lowest BCUT2D eigenvalue weighted by Gasteiger charge is -2.37. The van der Waals surface area contributed by atoms with E-state index in [9.17, 15) is 5.11 Å². The second kappa shape index (κ2) is 7.89. The van der Waals surface area contributed by atoms with Gasteiger partial charge in [0.15, 0.2) is 11.5 Å². The van der Waals surface area contributed by atoms with Crippen LogP contribution in [0.5, 0.6) is 23.0 Å². The smallest absolute Gasteiger partial charge is 0.231 e. The second-order valence-electron chi connectivity index (χ2n) is 7.37. The first-order valence-electron chi connectivity index (χ1n) is 9.62. The summed E-state index contributed by atoms with van der Waals surface area (Å²) in [5, 5.41) is 10.9.